The van der Waals surface area contributed by atoms with E-state index in [9.17, 15) is 9.00 Å². The van der Waals surface area contributed by atoms with E-state index in [0.29, 0.717) is 19.0 Å². The molecule has 16 heavy (non-hydrogen) atoms. The quantitative estimate of drug-likeness (QED) is 0.669. The van der Waals surface area contributed by atoms with E-state index in [1.807, 2.05) is 6.92 Å². The molecule has 0 aliphatic carbocycles. The van der Waals surface area contributed by atoms with Gasteiger partial charge < -0.3 is 15.8 Å². The first-order valence-corrected chi connectivity index (χ1v) is 7.17. The first-order chi connectivity index (χ1) is 7.50. The Morgan fingerprint density at radius 2 is 2.31 bits per heavy atom. The summed E-state index contributed by atoms with van der Waals surface area (Å²) in [4.78, 5) is 11.8. The number of hydrogen-bond donors (Lipinski definition) is 2. The van der Waals surface area contributed by atoms with Gasteiger partial charge in [-0.3, -0.25) is 9.00 Å². The number of ether oxygens (including phenoxy) is 1. The van der Waals surface area contributed by atoms with Crippen molar-refractivity contribution >= 4 is 16.7 Å². The van der Waals surface area contributed by atoms with Crippen LogP contribution in [0.25, 0.3) is 0 Å². The molecule has 0 aromatic carbocycles. The number of hydrogen-bond acceptors (Lipinski definition) is 4. The van der Waals surface area contributed by atoms with E-state index in [1.54, 1.807) is 6.26 Å². The van der Waals surface area contributed by atoms with Crippen LogP contribution in [0, 0.1) is 5.92 Å². The molecule has 1 amide bonds. The third-order valence-electron chi connectivity index (χ3n) is 2.69. The van der Waals surface area contributed by atoms with Crippen molar-refractivity contribution in [3.63, 3.8) is 0 Å². The summed E-state index contributed by atoms with van der Waals surface area (Å²) in [6.45, 7) is 2.76. The number of nitrogens with two attached hydrogens (primary N) is 1. The monoisotopic (exact) mass is 248 g/mol. The maximum atomic E-state index is 11.8. The minimum atomic E-state index is -0.811. The highest BCUT2D eigenvalue weighted by molar-refractivity contribution is 7.84. The van der Waals surface area contributed by atoms with Gasteiger partial charge in [-0.2, -0.15) is 0 Å². The van der Waals surface area contributed by atoms with E-state index < -0.39 is 10.8 Å². The molecule has 3 N–H and O–H groups in total. The van der Waals surface area contributed by atoms with E-state index in [1.165, 1.54) is 0 Å². The van der Waals surface area contributed by atoms with Crippen LogP contribution in [0.15, 0.2) is 0 Å². The lowest BCUT2D eigenvalue weighted by atomic mass is 10.0. The third kappa shape index (κ3) is 4.19. The van der Waals surface area contributed by atoms with Crippen molar-refractivity contribution < 1.29 is 13.7 Å². The maximum absolute atomic E-state index is 11.8. The van der Waals surface area contributed by atoms with E-state index in [0.717, 1.165) is 6.42 Å². The predicted octanol–water partition coefficient (Wildman–Crippen LogP) is -0.767. The summed E-state index contributed by atoms with van der Waals surface area (Å²) >= 11 is 0. The molecule has 0 bridgehead atoms. The fraction of sp³-hybridized carbons (Fsp3) is 0.900. The lowest BCUT2D eigenvalue weighted by molar-refractivity contribution is -0.125. The van der Waals surface area contributed by atoms with Crippen molar-refractivity contribution in [1.82, 2.24) is 5.32 Å². The summed E-state index contributed by atoms with van der Waals surface area (Å²) < 4.78 is 16.0. The van der Waals surface area contributed by atoms with Gasteiger partial charge in [0, 0.05) is 34.9 Å². The van der Waals surface area contributed by atoms with Crippen molar-refractivity contribution in [3.8, 4) is 0 Å². The molecule has 0 aromatic heterocycles. The van der Waals surface area contributed by atoms with Gasteiger partial charge in [-0.15, -0.1) is 0 Å². The summed E-state index contributed by atoms with van der Waals surface area (Å²) in [6.07, 6.45) is 2.38. The van der Waals surface area contributed by atoms with Gasteiger partial charge in [-0.1, -0.05) is 0 Å². The highest BCUT2D eigenvalue weighted by Crippen LogP contribution is 2.12. The van der Waals surface area contributed by atoms with Gasteiger partial charge in [-0.25, -0.2) is 0 Å². The fourth-order valence-corrected chi connectivity index (χ4v) is 2.29. The largest absolute Gasteiger partial charge is 0.379 e. The SMILES string of the molecule is CC(CCS(C)=O)NC(=O)C1COCC1N. The Hall–Kier alpha value is -0.460. The molecular formula is C10H20N2O3S. The van der Waals surface area contributed by atoms with Gasteiger partial charge in [0.2, 0.25) is 5.91 Å². The molecule has 5 nitrogen and oxygen atoms in total. The normalized spacial score (nSPS) is 28.7. The van der Waals surface area contributed by atoms with E-state index in [4.69, 9.17) is 10.5 Å². The van der Waals surface area contributed by atoms with Gasteiger partial charge in [-0.05, 0) is 13.3 Å². The summed E-state index contributed by atoms with van der Waals surface area (Å²) in [5, 5.41) is 2.87. The standard InChI is InChI=1S/C10H20N2O3S/c1-7(3-4-16(2)14)12-10(13)8-5-15-6-9(8)11/h7-9H,3-6,11H2,1-2H3,(H,12,13). The maximum Gasteiger partial charge on any atom is 0.227 e. The molecule has 1 aliphatic heterocycles. The molecule has 0 saturated carbocycles. The predicted molar refractivity (Wildman–Crippen MR) is 63.4 cm³/mol. The smallest absolute Gasteiger partial charge is 0.227 e. The Morgan fingerprint density at radius 3 is 2.81 bits per heavy atom. The van der Waals surface area contributed by atoms with Gasteiger partial charge in [0.25, 0.3) is 0 Å². The molecule has 0 radical (unpaired) electrons. The molecule has 1 aliphatic rings. The van der Waals surface area contributed by atoms with Crippen molar-refractivity contribution in [2.24, 2.45) is 11.7 Å². The molecule has 0 spiro atoms. The van der Waals surface area contributed by atoms with Crippen molar-refractivity contribution in [2.75, 3.05) is 25.2 Å². The average Bonchev–Trinajstić information content (AvgIpc) is 2.61. The molecule has 1 fully saturated rings. The van der Waals surface area contributed by atoms with Crippen LogP contribution in [0.3, 0.4) is 0 Å². The van der Waals surface area contributed by atoms with Crippen LogP contribution in [-0.4, -0.2) is 47.4 Å². The lowest BCUT2D eigenvalue weighted by Crippen LogP contribution is -2.44. The van der Waals surface area contributed by atoms with Crippen LogP contribution < -0.4 is 11.1 Å². The molecule has 4 atom stereocenters. The zero-order valence-corrected chi connectivity index (χ0v) is 10.6. The second-order valence-electron chi connectivity index (χ2n) is 4.28. The third-order valence-corrected chi connectivity index (χ3v) is 3.50. The van der Waals surface area contributed by atoms with E-state index >= 15 is 0 Å². The van der Waals surface area contributed by atoms with Crippen LogP contribution in [0.2, 0.25) is 0 Å². The van der Waals surface area contributed by atoms with Gasteiger partial charge in [0.15, 0.2) is 0 Å². The van der Waals surface area contributed by atoms with Crippen LogP contribution in [0.5, 0.6) is 0 Å². The number of rotatable bonds is 5. The average molecular weight is 248 g/mol. The minimum absolute atomic E-state index is 0.0317. The molecule has 1 rings (SSSR count). The zero-order valence-electron chi connectivity index (χ0n) is 9.77. The number of carbonyl (C=O) groups is 1. The summed E-state index contributed by atoms with van der Waals surface area (Å²) in [6, 6.07) is -0.170. The number of nitrogens with one attached hydrogen (secondary N) is 1. The first-order valence-electron chi connectivity index (χ1n) is 5.44. The van der Waals surface area contributed by atoms with Crippen LogP contribution in [0.1, 0.15) is 13.3 Å². The van der Waals surface area contributed by atoms with Crippen molar-refractivity contribution in [3.05, 3.63) is 0 Å². The van der Waals surface area contributed by atoms with Gasteiger partial charge in [0.05, 0.1) is 19.1 Å². The van der Waals surface area contributed by atoms with Gasteiger partial charge in [0.1, 0.15) is 0 Å². The Kier molecular flexibility index (Phi) is 5.37. The lowest BCUT2D eigenvalue weighted by Gasteiger charge is -2.18. The highest BCUT2D eigenvalue weighted by Gasteiger charge is 2.31. The Bertz CT molecular complexity index is 273. The van der Waals surface area contributed by atoms with E-state index in [-0.39, 0.29) is 23.9 Å². The van der Waals surface area contributed by atoms with Crippen molar-refractivity contribution in [2.45, 2.75) is 25.4 Å². The van der Waals surface area contributed by atoms with Gasteiger partial charge >= 0.3 is 0 Å². The Balaban J connectivity index is 2.30. The van der Waals surface area contributed by atoms with Crippen LogP contribution >= 0.6 is 0 Å². The van der Waals surface area contributed by atoms with E-state index in [2.05, 4.69) is 5.32 Å². The molecule has 94 valence electrons. The molecule has 6 heteroatoms. The molecule has 4 unspecified atom stereocenters. The Morgan fingerprint density at radius 1 is 1.62 bits per heavy atom. The molecular weight excluding hydrogens is 228 g/mol. The number of carbonyl (C=O) groups excluding carboxylic acids is 1. The first kappa shape index (κ1) is 13.6. The van der Waals surface area contributed by atoms with Crippen LogP contribution in [-0.2, 0) is 20.3 Å². The molecule has 1 saturated heterocycles. The molecule has 0 aromatic rings. The second-order valence-corrected chi connectivity index (χ2v) is 5.84. The molecule has 1 heterocycles. The second kappa shape index (κ2) is 6.32. The summed E-state index contributed by atoms with van der Waals surface area (Å²) in [5.41, 5.74) is 5.74. The zero-order chi connectivity index (χ0) is 12.1. The minimum Gasteiger partial charge on any atom is -0.379 e. The van der Waals surface area contributed by atoms with Crippen molar-refractivity contribution in [1.29, 1.82) is 0 Å². The Labute approximate surface area is 98.6 Å². The van der Waals surface area contributed by atoms with Crippen LogP contribution in [0.4, 0.5) is 0 Å². The topological polar surface area (TPSA) is 81.4 Å². The highest BCUT2D eigenvalue weighted by atomic mass is 32.2. The fourth-order valence-electron chi connectivity index (χ4n) is 1.61. The number of amides is 1. The summed E-state index contributed by atoms with van der Waals surface area (Å²) in [7, 11) is -0.811. The summed E-state index contributed by atoms with van der Waals surface area (Å²) in [5.74, 6) is 0.309.